The number of hydrogen-bond acceptors (Lipinski definition) is 4. The molecular weight excluding hydrogens is 314 g/mol. The third-order valence-electron chi connectivity index (χ3n) is 4.00. The van der Waals surface area contributed by atoms with Crippen LogP contribution < -0.4 is 15.1 Å². The molecular formula is C15H17N5O4. The molecule has 0 bridgehead atoms. The van der Waals surface area contributed by atoms with Gasteiger partial charge in [-0.05, 0) is 13.0 Å². The lowest BCUT2D eigenvalue weighted by molar-refractivity contribution is -0.468. The first-order valence-electron chi connectivity index (χ1n) is 7.56. The summed E-state index contributed by atoms with van der Waals surface area (Å²) in [6.07, 6.45) is 0. The van der Waals surface area contributed by atoms with Gasteiger partial charge in [0.1, 0.15) is 5.52 Å². The molecule has 9 heteroatoms. The van der Waals surface area contributed by atoms with E-state index >= 15 is 0 Å². The highest BCUT2D eigenvalue weighted by molar-refractivity contribution is 5.93. The SMILES string of the molecule is Cc1c(C(=O)NCCN2CCNC2=O)[n+](=O)c2ccccc2n1[O-]. The molecule has 3 rings (SSSR count). The van der Waals surface area contributed by atoms with Gasteiger partial charge in [-0.1, -0.05) is 12.1 Å². The number of aromatic nitrogens is 2. The van der Waals surface area contributed by atoms with Gasteiger partial charge in [-0.2, -0.15) is 0 Å². The molecule has 1 fully saturated rings. The molecule has 126 valence electrons. The Morgan fingerprint density at radius 1 is 1.42 bits per heavy atom. The van der Waals surface area contributed by atoms with Crippen LogP contribution in [0.25, 0.3) is 11.0 Å². The van der Waals surface area contributed by atoms with Crippen LogP contribution in [0.3, 0.4) is 0 Å². The normalized spacial score (nSPS) is 14.0. The zero-order chi connectivity index (χ0) is 17.3. The Morgan fingerprint density at radius 3 is 2.88 bits per heavy atom. The number of rotatable bonds is 4. The van der Waals surface area contributed by atoms with Crippen molar-refractivity contribution in [2.75, 3.05) is 26.2 Å². The van der Waals surface area contributed by atoms with E-state index < -0.39 is 5.91 Å². The molecule has 0 spiro atoms. The third kappa shape index (κ3) is 2.64. The molecule has 2 aromatic rings. The van der Waals surface area contributed by atoms with Gasteiger partial charge in [0, 0.05) is 37.2 Å². The van der Waals surface area contributed by atoms with E-state index in [0.29, 0.717) is 28.8 Å². The summed E-state index contributed by atoms with van der Waals surface area (Å²) in [5.74, 6) is -0.641. The molecule has 1 aliphatic rings. The van der Waals surface area contributed by atoms with Crippen molar-refractivity contribution >= 4 is 23.0 Å². The van der Waals surface area contributed by atoms with E-state index in [4.69, 9.17) is 0 Å². The number of para-hydroxylation sites is 2. The number of urea groups is 1. The molecule has 0 radical (unpaired) electrons. The molecule has 2 heterocycles. The van der Waals surface area contributed by atoms with Crippen molar-refractivity contribution in [2.45, 2.75) is 6.92 Å². The summed E-state index contributed by atoms with van der Waals surface area (Å²) < 4.78 is 1.05. The maximum atomic E-state index is 12.4. The van der Waals surface area contributed by atoms with Crippen molar-refractivity contribution < 1.29 is 14.0 Å². The van der Waals surface area contributed by atoms with Gasteiger partial charge in [0.05, 0.1) is 10.1 Å². The van der Waals surface area contributed by atoms with Crippen LogP contribution in [-0.2, 0) is 0 Å². The Labute approximate surface area is 137 Å². The maximum absolute atomic E-state index is 12.4. The Balaban J connectivity index is 1.82. The third-order valence-corrected chi connectivity index (χ3v) is 4.00. The highest BCUT2D eigenvalue weighted by Gasteiger charge is 2.27. The number of fused-ring (bicyclic) bond motifs is 1. The second-order valence-corrected chi connectivity index (χ2v) is 5.49. The average molecular weight is 331 g/mol. The number of nitrogens with zero attached hydrogens (tertiary/aromatic N) is 3. The van der Waals surface area contributed by atoms with Gasteiger partial charge in [0.25, 0.3) is 5.52 Å². The predicted octanol–water partition coefficient (Wildman–Crippen LogP) is -0.0349. The fourth-order valence-electron chi connectivity index (χ4n) is 2.72. The zero-order valence-electron chi connectivity index (χ0n) is 13.1. The fraction of sp³-hybridized carbons (Fsp3) is 0.333. The van der Waals surface area contributed by atoms with E-state index in [9.17, 15) is 19.7 Å². The van der Waals surface area contributed by atoms with E-state index in [1.54, 1.807) is 17.0 Å². The Hall–Kier alpha value is -3.10. The van der Waals surface area contributed by atoms with Gasteiger partial charge in [-0.25, -0.2) is 4.79 Å². The van der Waals surface area contributed by atoms with E-state index in [-0.39, 0.29) is 35.0 Å². The minimum atomic E-state index is -0.641. The molecule has 0 saturated carbocycles. The minimum absolute atomic E-state index is 0.0279. The predicted molar refractivity (Wildman–Crippen MR) is 86.1 cm³/mol. The summed E-state index contributed by atoms with van der Waals surface area (Å²) in [4.78, 5) is 37.8. The van der Waals surface area contributed by atoms with E-state index in [2.05, 4.69) is 10.6 Å². The second kappa shape index (κ2) is 6.19. The molecule has 0 aliphatic carbocycles. The summed E-state index contributed by atoms with van der Waals surface area (Å²) in [6.45, 7) is 3.10. The first-order valence-corrected chi connectivity index (χ1v) is 7.56. The number of amides is 3. The van der Waals surface area contributed by atoms with Crippen molar-refractivity contribution in [2.24, 2.45) is 0 Å². The lowest BCUT2D eigenvalue weighted by Gasteiger charge is -2.17. The number of hydrogen-bond donors (Lipinski definition) is 2. The number of carbonyl (C=O) groups is 2. The molecule has 24 heavy (non-hydrogen) atoms. The molecule has 1 aromatic heterocycles. The first kappa shape index (κ1) is 15.8. The van der Waals surface area contributed by atoms with Gasteiger partial charge in [0.15, 0.2) is 0 Å². The summed E-state index contributed by atoms with van der Waals surface area (Å²) in [5, 5.41) is 17.5. The van der Waals surface area contributed by atoms with Crippen LogP contribution in [0.2, 0.25) is 0 Å². The number of benzene rings is 1. The standard InChI is InChI=1S/C15H17N5O4/c1-10-13(14(21)16-6-8-18-9-7-17-15(18)22)20(24)12-5-3-2-4-11(12)19(10)23/h2-5H,6-9H2,1H3,(H,16,21)(H,17,22). The van der Waals surface area contributed by atoms with Crippen molar-refractivity contribution in [3.05, 3.63) is 45.8 Å². The van der Waals surface area contributed by atoms with Gasteiger partial charge in [-0.3, -0.25) is 4.79 Å². The Bertz CT molecular complexity index is 876. The number of nitrogens with one attached hydrogen (secondary N) is 2. The van der Waals surface area contributed by atoms with Crippen LogP contribution in [0.1, 0.15) is 16.2 Å². The summed E-state index contributed by atoms with van der Waals surface area (Å²) in [5.41, 5.74) is 0.118. The molecule has 2 N–H and O–H groups in total. The van der Waals surface area contributed by atoms with Crippen LogP contribution >= 0.6 is 0 Å². The summed E-state index contributed by atoms with van der Waals surface area (Å²) in [6, 6.07) is 6.11. The van der Waals surface area contributed by atoms with Crippen molar-refractivity contribution in [1.82, 2.24) is 20.3 Å². The fourth-order valence-corrected chi connectivity index (χ4v) is 2.72. The smallest absolute Gasteiger partial charge is 0.346 e. The highest BCUT2D eigenvalue weighted by Crippen LogP contribution is 2.13. The van der Waals surface area contributed by atoms with Crippen LogP contribution in [0, 0.1) is 17.0 Å². The lowest BCUT2D eigenvalue weighted by atomic mass is 10.2. The van der Waals surface area contributed by atoms with E-state index in [1.165, 1.54) is 19.1 Å². The van der Waals surface area contributed by atoms with Crippen molar-refractivity contribution in [1.29, 1.82) is 0 Å². The molecule has 1 saturated heterocycles. The topological polar surface area (TPSA) is 112 Å². The van der Waals surface area contributed by atoms with Gasteiger partial charge >= 0.3 is 17.6 Å². The Kier molecular flexibility index (Phi) is 4.07. The monoisotopic (exact) mass is 331 g/mol. The summed E-state index contributed by atoms with van der Waals surface area (Å²) >= 11 is 0. The van der Waals surface area contributed by atoms with Gasteiger partial charge < -0.3 is 25.5 Å². The molecule has 0 unspecified atom stereocenters. The van der Waals surface area contributed by atoms with Crippen LogP contribution in [0.15, 0.2) is 24.3 Å². The van der Waals surface area contributed by atoms with Crippen LogP contribution in [0.4, 0.5) is 4.79 Å². The highest BCUT2D eigenvalue weighted by atomic mass is 16.5. The average Bonchev–Trinajstić information content (AvgIpc) is 2.98. The largest absolute Gasteiger partial charge is 0.805 e. The van der Waals surface area contributed by atoms with E-state index in [0.717, 1.165) is 0 Å². The molecule has 1 aliphatic heterocycles. The molecule has 9 nitrogen and oxygen atoms in total. The first-order chi connectivity index (χ1) is 11.5. The van der Waals surface area contributed by atoms with Gasteiger partial charge in [0.2, 0.25) is 0 Å². The van der Waals surface area contributed by atoms with E-state index in [1.807, 2.05) is 0 Å². The second-order valence-electron chi connectivity index (χ2n) is 5.49. The lowest BCUT2D eigenvalue weighted by Crippen LogP contribution is -2.41. The van der Waals surface area contributed by atoms with Crippen LogP contribution in [0.5, 0.6) is 0 Å². The Morgan fingerprint density at radius 2 is 2.17 bits per heavy atom. The maximum Gasteiger partial charge on any atom is 0.346 e. The van der Waals surface area contributed by atoms with Crippen molar-refractivity contribution in [3.8, 4) is 0 Å². The molecule has 3 amide bonds. The number of carbonyl (C=O) groups excluding carboxylic acids is 2. The minimum Gasteiger partial charge on any atom is -0.805 e. The van der Waals surface area contributed by atoms with Crippen LogP contribution in [-0.4, -0.2) is 47.7 Å². The van der Waals surface area contributed by atoms with Gasteiger partial charge in [-0.15, -0.1) is 0 Å². The molecule has 1 aromatic carbocycles. The summed E-state index contributed by atoms with van der Waals surface area (Å²) in [7, 11) is 0. The zero-order valence-corrected chi connectivity index (χ0v) is 13.1. The quantitative estimate of drug-likeness (QED) is 0.766. The van der Waals surface area contributed by atoms with Crippen molar-refractivity contribution in [3.63, 3.8) is 0 Å². The molecule has 0 atom stereocenters.